The molecule has 0 aliphatic rings. The van der Waals surface area contributed by atoms with Crippen molar-refractivity contribution in [2.24, 2.45) is 5.73 Å². The van der Waals surface area contributed by atoms with E-state index in [4.69, 9.17) is 23.1 Å². The first-order valence-corrected chi connectivity index (χ1v) is 6.06. The Kier molecular flexibility index (Phi) is 3.91. The van der Waals surface area contributed by atoms with Gasteiger partial charge in [-0.3, -0.25) is 9.48 Å². The summed E-state index contributed by atoms with van der Waals surface area (Å²) in [5, 5.41) is 7.50. The van der Waals surface area contributed by atoms with E-state index in [2.05, 4.69) is 10.4 Å². The van der Waals surface area contributed by atoms with E-state index in [1.807, 2.05) is 0 Å². The lowest BCUT2D eigenvalue weighted by atomic mass is 10.1. The largest absolute Gasteiger partial charge is 0.396 e. The lowest BCUT2D eigenvalue weighted by Crippen LogP contribution is -2.17. The number of rotatable bonds is 5. The molecule has 0 radical (unpaired) electrons. The molecule has 0 unspecified atom stereocenters. The molecule has 5 N–H and O–H groups in total. The average molecular weight is 280 g/mol. The van der Waals surface area contributed by atoms with Crippen LogP contribution in [0.2, 0.25) is 5.02 Å². The summed E-state index contributed by atoms with van der Waals surface area (Å²) in [5.74, 6) is -0.559. The maximum absolute atomic E-state index is 11.3. The van der Waals surface area contributed by atoms with Crippen LogP contribution in [0.15, 0.2) is 30.6 Å². The van der Waals surface area contributed by atoms with Gasteiger partial charge in [0.2, 0.25) is 0 Å². The van der Waals surface area contributed by atoms with E-state index < -0.39 is 5.91 Å². The average Bonchev–Trinajstić information content (AvgIpc) is 2.74. The number of nitrogens with one attached hydrogen (secondary N) is 1. The molecule has 1 amide bonds. The van der Waals surface area contributed by atoms with Crippen molar-refractivity contribution in [3.63, 3.8) is 0 Å². The lowest BCUT2D eigenvalue weighted by Gasteiger charge is -2.11. The lowest BCUT2D eigenvalue weighted by molar-refractivity contribution is 0.100. The van der Waals surface area contributed by atoms with Gasteiger partial charge in [-0.1, -0.05) is 17.7 Å². The molecular weight excluding hydrogens is 266 g/mol. The summed E-state index contributed by atoms with van der Waals surface area (Å²) in [4.78, 5) is 11.3. The minimum Gasteiger partial charge on any atom is -0.396 e. The molecular formula is C12H14ClN5O. The number of hydrogen-bond donors (Lipinski definition) is 3. The maximum Gasteiger partial charge on any atom is 0.252 e. The summed E-state index contributed by atoms with van der Waals surface area (Å²) < 4.78 is 1.71. The number of amides is 1. The summed E-state index contributed by atoms with van der Waals surface area (Å²) in [7, 11) is 0. The van der Waals surface area contributed by atoms with Crippen LogP contribution in [0.1, 0.15) is 10.4 Å². The van der Waals surface area contributed by atoms with Gasteiger partial charge in [0.05, 0.1) is 29.0 Å². The topological polar surface area (TPSA) is 99.0 Å². The highest BCUT2D eigenvalue weighted by Gasteiger charge is 2.11. The zero-order valence-electron chi connectivity index (χ0n) is 10.1. The molecule has 7 heteroatoms. The zero-order chi connectivity index (χ0) is 13.8. The van der Waals surface area contributed by atoms with Crippen molar-refractivity contribution in [2.75, 3.05) is 17.6 Å². The van der Waals surface area contributed by atoms with E-state index in [-0.39, 0.29) is 0 Å². The van der Waals surface area contributed by atoms with Gasteiger partial charge >= 0.3 is 0 Å². The van der Waals surface area contributed by atoms with E-state index in [1.54, 1.807) is 35.3 Å². The smallest absolute Gasteiger partial charge is 0.252 e. The van der Waals surface area contributed by atoms with Gasteiger partial charge in [-0.2, -0.15) is 5.10 Å². The third-order valence-corrected chi connectivity index (χ3v) is 2.88. The van der Waals surface area contributed by atoms with Crippen LogP contribution in [0.4, 0.5) is 11.4 Å². The maximum atomic E-state index is 11.3. The van der Waals surface area contributed by atoms with Crippen LogP contribution in [0.3, 0.4) is 0 Å². The Morgan fingerprint density at radius 2 is 2.26 bits per heavy atom. The third-order valence-electron chi connectivity index (χ3n) is 2.57. The van der Waals surface area contributed by atoms with Crippen molar-refractivity contribution in [3.8, 4) is 0 Å². The highest BCUT2D eigenvalue weighted by atomic mass is 35.5. The summed E-state index contributed by atoms with van der Waals surface area (Å²) in [6, 6.07) is 5.13. The number of carbonyl (C=O) groups is 1. The molecule has 0 saturated carbocycles. The van der Waals surface area contributed by atoms with E-state index in [0.29, 0.717) is 35.1 Å². The standard InChI is InChI=1S/C12H14ClN5O/c13-9-2-1-3-10(11(9)12(15)19)16-4-5-18-7-8(14)6-17-18/h1-3,6-7,16H,4-5,14H2,(H2,15,19). The Morgan fingerprint density at radius 3 is 2.89 bits per heavy atom. The predicted octanol–water partition coefficient (Wildman–Crippen LogP) is 1.33. The molecule has 0 atom stereocenters. The van der Waals surface area contributed by atoms with Crippen molar-refractivity contribution >= 4 is 28.9 Å². The second-order valence-electron chi connectivity index (χ2n) is 3.99. The molecule has 0 bridgehead atoms. The van der Waals surface area contributed by atoms with Crippen LogP contribution in [0, 0.1) is 0 Å². The second kappa shape index (κ2) is 5.62. The fraction of sp³-hybridized carbons (Fsp3) is 0.167. The summed E-state index contributed by atoms with van der Waals surface area (Å²) >= 11 is 5.95. The first kappa shape index (κ1) is 13.2. The second-order valence-corrected chi connectivity index (χ2v) is 4.40. The van der Waals surface area contributed by atoms with Crippen LogP contribution in [-0.2, 0) is 6.54 Å². The highest BCUT2D eigenvalue weighted by Crippen LogP contribution is 2.23. The van der Waals surface area contributed by atoms with Gasteiger partial charge in [-0.15, -0.1) is 0 Å². The minimum absolute atomic E-state index is 0.296. The van der Waals surface area contributed by atoms with E-state index in [0.717, 1.165) is 0 Å². The fourth-order valence-electron chi connectivity index (χ4n) is 1.73. The highest BCUT2D eigenvalue weighted by molar-refractivity contribution is 6.34. The molecule has 1 aromatic heterocycles. The summed E-state index contributed by atoms with van der Waals surface area (Å²) in [6.07, 6.45) is 3.31. The molecule has 0 aliphatic heterocycles. The van der Waals surface area contributed by atoms with Gasteiger partial charge in [-0.25, -0.2) is 0 Å². The van der Waals surface area contributed by atoms with Crippen molar-refractivity contribution < 1.29 is 4.79 Å². The van der Waals surface area contributed by atoms with Gasteiger partial charge in [0, 0.05) is 18.4 Å². The number of anilines is 2. The van der Waals surface area contributed by atoms with Crippen molar-refractivity contribution in [3.05, 3.63) is 41.2 Å². The molecule has 19 heavy (non-hydrogen) atoms. The van der Waals surface area contributed by atoms with Gasteiger partial charge in [0.25, 0.3) is 5.91 Å². The van der Waals surface area contributed by atoms with Crippen molar-refractivity contribution in [1.82, 2.24) is 9.78 Å². The Labute approximate surface area is 115 Å². The zero-order valence-corrected chi connectivity index (χ0v) is 10.9. The molecule has 0 aliphatic carbocycles. The Morgan fingerprint density at radius 1 is 1.47 bits per heavy atom. The number of benzene rings is 1. The molecule has 0 spiro atoms. The molecule has 2 aromatic rings. The Balaban J connectivity index is 2.03. The van der Waals surface area contributed by atoms with Gasteiger partial charge in [0.15, 0.2) is 0 Å². The normalized spacial score (nSPS) is 10.4. The van der Waals surface area contributed by atoms with Crippen LogP contribution in [0.5, 0.6) is 0 Å². The van der Waals surface area contributed by atoms with Crippen LogP contribution in [0.25, 0.3) is 0 Å². The SMILES string of the molecule is NC(=O)c1c(Cl)cccc1NCCn1cc(N)cn1. The number of halogens is 1. The minimum atomic E-state index is -0.559. The Hall–Kier alpha value is -2.21. The Bertz CT molecular complexity index is 596. The number of hydrogen-bond acceptors (Lipinski definition) is 4. The van der Waals surface area contributed by atoms with Gasteiger partial charge < -0.3 is 16.8 Å². The quantitative estimate of drug-likeness (QED) is 0.769. The van der Waals surface area contributed by atoms with Crippen molar-refractivity contribution in [2.45, 2.75) is 6.54 Å². The molecule has 6 nitrogen and oxygen atoms in total. The number of nitrogen functional groups attached to an aromatic ring is 1. The summed E-state index contributed by atoms with van der Waals surface area (Å²) in [6.45, 7) is 1.18. The third kappa shape index (κ3) is 3.17. The molecule has 1 aromatic carbocycles. The van der Waals surface area contributed by atoms with E-state index in [9.17, 15) is 4.79 Å². The van der Waals surface area contributed by atoms with Gasteiger partial charge in [0.1, 0.15) is 0 Å². The number of primary amides is 1. The first-order valence-electron chi connectivity index (χ1n) is 5.68. The van der Waals surface area contributed by atoms with Crippen LogP contribution in [-0.4, -0.2) is 22.2 Å². The number of nitrogens with zero attached hydrogens (tertiary/aromatic N) is 2. The van der Waals surface area contributed by atoms with Crippen LogP contribution >= 0.6 is 11.6 Å². The van der Waals surface area contributed by atoms with Gasteiger partial charge in [-0.05, 0) is 12.1 Å². The number of carbonyl (C=O) groups excluding carboxylic acids is 1. The number of nitrogens with two attached hydrogens (primary N) is 2. The van der Waals surface area contributed by atoms with Crippen molar-refractivity contribution in [1.29, 1.82) is 0 Å². The molecule has 1 heterocycles. The monoisotopic (exact) mass is 279 g/mol. The fourth-order valence-corrected chi connectivity index (χ4v) is 2.00. The molecule has 0 fully saturated rings. The molecule has 2 rings (SSSR count). The van der Waals surface area contributed by atoms with E-state index in [1.165, 1.54) is 0 Å². The summed E-state index contributed by atoms with van der Waals surface area (Å²) in [5.41, 5.74) is 12.4. The number of aromatic nitrogens is 2. The van der Waals surface area contributed by atoms with E-state index >= 15 is 0 Å². The molecule has 100 valence electrons. The molecule has 0 saturated heterocycles. The van der Waals surface area contributed by atoms with Crippen LogP contribution < -0.4 is 16.8 Å². The first-order chi connectivity index (χ1) is 9.08. The predicted molar refractivity (Wildman–Crippen MR) is 75.1 cm³/mol.